The SMILES string of the molecule is CCOCC(=O)N1CCN(c2nc3c(C)nn(C)c3c(=O)n2C)CC1. The van der Waals surface area contributed by atoms with Crippen molar-refractivity contribution in [3.8, 4) is 0 Å². The highest BCUT2D eigenvalue weighted by molar-refractivity contribution is 5.78. The summed E-state index contributed by atoms with van der Waals surface area (Å²) < 4.78 is 8.32. The summed E-state index contributed by atoms with van der Waals surface area (Å²) in [6.45, 7) is 6.80. The van der Waals surface area contributed by atoms with Crippen LogP contribution in [-0.4, -0.2) is 69.5 Å². The van der Waals surface area contributed by atoms with Crippen molar-refractivity contribution < 1.29 is 9.53 Å². The fourth-order valence-corrected chi connectivity index (χ4v) is 3.16. The van der Waals surface area contributed by atoms with Crippen LogP contribution in [0.2, 0.25) is 0 Å². The summed E-state index contributed by atoms with van der Waals surface area (Å²) in [5.74, 6) is 0.618. The molecule has 1 saturated heterocycles. The Bertz CT molecular complexity index is 848. The van der Waals surface area contributed by atoms with E-state index in [9.17, 15) is 9.59 Å². The Balaban J connectivity index is 1.82. The van der Waals surface area contributed by atoms with E-state index in [2.05, 4.69) is 10.1 Å². The molecule has 0 saturated carbocycles. The zero-order chi connectivity index (χ0) is 18.1. The maximum Gasteiger partial charge on any atom is 0.280 e. The van der Waals surface area contributed by atoms with Gasteiger partial charge >= 0.3 is 0 Å². The Morgan fingerprint density at radius 1 is 1.20 bits per heavy atom. The molecule has 1 aliphatic heterocycles. The monoisotopic (exact) mass is 348 g/mol. The number of hydrogen-bond acceptors (Lipinski definition) is 6. The molecule has 0 bridgehead atoms. The van der Waals surface area contributed by atoms with Crippen molar-refractivity contribution in [2.45, 2.75) is 13.8 Å². The zero-order valence-electron chi connectivity index (χ0n) is 15.2. The van der Waals surface area contributed by atoms with Crippen LogP contribution in [0, 0.1) is 6.92 Å². The summed E-state index contributed by atoms with van der Waals surface area (Å²) in [4.78, 5) is 33.2. The van der Waals surface area contributed by atoms with Gasteiger partial charge in [0, 0.05) is 46.9 Å². The lowest BCUT2D eigenvalue weighted by Gasteiger charge is -2.35. The number of aromatic nitrogens is 4. The fraction of sp³-hybridized carbons (Fsp3) is 0.625. The van der Waals surface area contributed by atoms with Gasteiger partial charge in [-0.3, -0.25) is 18.8 Å². The third kappa shape index (κ3) is 3.11. The molecule has 9 heteroatoms. The zero-order valence-corrected chi connectivity index (χ0v) is 15.2. The summed E-state index contributed by atoms with van der Waals surface area (Å²) in [6.07, 6.45) is 0. The smallest absolute Gasteiger partial charge is 0.280 e. The lowest BCUT2D eigenvalue weighted by molar-refractivity contribution is -0.136. The van der Waals surface area contributed by atoms with Gasteiger partial charge in [0.2, 0.25) is 11.9 Å². The van der Waals surface area contributed by atoms with Crippen molar-refractivity contribution in [1.29, 1.82) is 0 Å². The van der Waals surface area contributed by atoms with Gasteiger partial charge in [-0.25, -0.2) is 4.98 Å². The fourth-order valence-electron chi connectivity index (χ4n) is 3.16. The van der Waals surface area contributed by atoms with E-state index in [-0.39, 0.29) is 18.1 Å². The molecule has 3 rings (SSSR count). The molecule has 0 radical (unpaired) electrons. The second kappa shape index (κ2) is 6.83. The van der Waals surface area contributed by atoms with Gasteiger partial charge in [-0.2, -0.15) is 5.10 Å². The van der Waals surface area contributed by atoms with Crippen LogP contribution in [-0.2, 0) is 23.6 Å². The van der Waals surface area contributed by atoms with Crippen molar-refractivity contribution >= 4 is 22.9 Å². The van der Waals surface area contributed by atoms with Crippen LogP contribution in [0.4, 0.5) is 5.95 Å². The number of ether oxygens (including phenoxy) is 1. The maximum atomic E-state index is 12.7. The summed E-state index contributed by atoms with van der Waals surface area (Å²) >= 11 is 0. The molecule has 25 heavy (non-hydrogen) atoms. The van der Waals surface area contributed by atoms with Crippen molar-refractivity contribution in [1.82, 2.24) is 24.2 Å². The Morgan fingerprint density at radius 3 is 2.52 bits per heavy atom. The Morgan fingerprint density at radius 2 is 1.88 bits per heavy atom. The number of carbonyl (C=O) groups is 1. The number of amides is 1. The first-order chi connectivity index (χ1) is 11.9. The van der Waals surface area contributed by atoms with E-state index in [4.69, 9.17) is 4.74 Å². The predicted molar refractivity (Wildman–Crippen MR) is 93.8 cm³/mol. The second-order valence-corrected chi connectivity index (χ2v) is 6.19. The molecule has 0 aromatic carbocycles. The molecule has 3 heterocycles. The van der Waals surface area contributed by atoms with E-state index in [1.54, 1.807) is 28.2 Å². The molecule has 0 unspecified atom stereocenters. The van der Waals surface area contributed by atoms with Gasteiger partial charge in [-0.1, -0.05) is 0 Å². The standard InChI is InChI=1S/C16H24N6O3/c1-5-25-10-12(23)21-6-8-22(9-7-21)16-17-13-11(2)18-20(4)14(13)15(24)19(16)3/h5-10H2,1-4H3. The van der Waals surface area contributed by atoms with Crippen molar-refractivity contribution in [3.05, 3.63) is 16.0 Å². The van der Waals surface area contributed by atoms with Crippen LogP contribution in [0.3, 0.4) is 0 Å². The number of aryl methyl sites for hydroxylation is 2. The highest BCUT2D eigenvalue weighted by Crippen LogP contribution is 2.18. The minimum absolute atomic E-state index is 0.00176. The second-order valence-electron chi connectivity index (χ2n) is 6.19. The molecule has 1 fully saturated rings. The normalized spacial score (nSPS) is 15.2. The average Bonchev–Trinajstić information content (AvgIpc) is 2.90. The number of anilines is 1. The molecule has 0 aliphatic carbocycles. The number of nitrogens with zero attached hydrogens (tertiary/aromatic N) is 6. The third-order valence-corrected chi connectivity index (χ3v) is 4.55. The predicted octanol–water partition coefficient (Wildman–Crippen LogP) is -0.339. The lowest BCUT2D eigenvalue weighted by atomic mass is 10.3. The first-order valence-corrected chi connectivity index (χ1v) is 8.44. The summed E-state index contributed by atoms with van der Waals surface area (Å²) in [7, 11) is 3.47. The third-order valence-electron chi connectivity index (χ3n) is 4.55. The molecule has 1 amide bonds. The van der Waals surface area contributed by atoms with Crippen molar-refractivity contribution in [2.24, 2.45) is 14.1 Å². The van der Waals surface area contributed by atoms with E-state index >= 15 is 0 Å². The summed E-state index contributed by atoms with van der Waals surface area (Å²) in [5, 5.41) is 4.30. The average molecular weight is 348 g/mol. The van der Waals surface area contributed by atoms with Crippen LogP contribution >= 0.6 is 0 Å². The first kappa shape index (κ1) is 17.4. The van der Waals surface area contributed by atoms with E-state index < -0.39 is 0 Å². The van der Waals surface area contributed by atoms with Crippen LogP contribution in [0.15, 0.2) is 4.79 Å². The minimum Gasteiger partial charge on any atom is -0.372 e. The molecule has 1 aliphatic rings. The van der Waals surface area contributed by atoms with E-state index in [1.807, 2.05) is 18.7 Å². The van der Waals surface area contributed by atoms with E-state index in [0.29, 0.717) is 49.8 Å². The lowest BCUT2D eigenvalue weighted by Crippen LogP contribution is -2.51. The van der Waals surface area contributed by atoms with Crippen LogP contribution in [0.1, 0.15) is 12.6 Å². The highest BCUT2D eigenvalue weighted by Gasteiger charge is 2.25. The molecular formula is C16H24N6O3. The van der Waals surface area contributed by atoms with Crippen molar-refractivity contribution in [3.63, 3.8) is 0 Å². The number of fused-ring (bicyclic) bond motifs is 1. The van der Waals surface area contributed by atoms with Crippen molar-refractivity contribution in [2.75, 3.05) is 44.3 Å². The van der Waals surface area contributed by atoms with Gasteiger partial charge in [0.05, 0.1) is 5.69 Å². The van der Waals surface area contributed by atoms with Gasteiger partial charge in [-0.15, -0.1) is 0 Å². The summed E-state index contributed by atoms with van der Waals surface area (Å²) in [5.41, 5.74) is 1.77. The van der Waals surface area contributed by atoms with Gasteiger partial charge in [-0.05, 0) is 13.8 Å². The topological polar surface area (TPSA) is 85.5 Å². The molecular weight excluding hydrogens is 324 g/mol. The first-order valence-electron chi connectivity index (χ1n) is 8.44. The quantitative estimate of drug-likeness (QED) is 0.751. The molecule has 9 nitrogen and oxygen atoms in total. The summed E-state index contributed by atoms with van der Waals surface area (Å²) in [6, 6.07) is 0. The molecule has 2 aromatic heterocycles. The Hall–Kier alpha value is -2.42. The van der Waals surface area contributed by atoms with E-state index in [1.165, 1.54) is 0 Å². The van der Waals surface area contributed by atoms with E-state index in [0.717, 1.165) is 5.69 Å². The molecule has 0 N–H and O–H groups in total. The number of hydrogen-bond donors (Lipinski definition) is 0. The molecule has 136 valence electrons. The van der Waals surface area contributed by atoms with Gasteiger partial charge in [0.25, 0.3) is 5.56 Å². The Labute approximate surface area is 145 Å². The van der Waals surface area contributed by atoms with Gasteiger partial charge < -0.3 is 14.5 Å². The highest BCUT2D eigenvalue weighted by atomic mass is 16.5. The molecule has 0 spiro atoms. The van der Waals surface area contributed by atoms with Gasteiger partial charge in [0.15, 0.2) is 5.52 Å². The Kier molecular flexibility index (Phi) is 4.76. The number of piperazine rings is 1. The number of carbonyl (C=O) groups excluding carboxylic acids is 1. The molecule has 0 atom stereocenters. The molecule has 2 aromatic rings. The number of rotatable bonds is 4. The van der Waals surface area contributed by atoms with Crippen LogP contribution in [0.25, 0.3) is 11.0 Å². The van der Waals surface area contributed by atoms with Crippen LogP contribution < -0.4 is 10.5 Å². The largest absolute Gasteiger partial charge is 0.372 e. The maximum absolute atomic E-state index is 12.7. The van der Waals surface area contributed by atoms with Crippen LogP contribution in [0.5, 0.6) is 0 Å². The minimum atomic E-state index is -0.113. The van der Waals surface area contributed by atoms with Gasteiger partial charge in [0.1, 0.15) is 12.1 Å².